The first-order valence-electron chi connectivity index (χ1n) is 6.97. The van der Waals surface area contributed by atoms with Crippen molar-refractivity contribution < 1.29 is 40.3 Å². The second kappa shape index (κ2) is 8.89. The molecule has 4 aromatic rings. The van der Waals surface area contributed by atoms with E-state index in [1.807, 2.05) is 0 Å². The Labute approximate surface area is 158 Å². The number of rotatable bonds is 1. The van der Waals surface area contributed by atoms with Crippen molar-refractivity contribution in [2.24, 2.45) is 0 Å². The Kier molecular flexibility index (Phi) is 8.22. The van der Waals surface area contributed by atoms with Crippen LogP contribution in [0.1, 0.15) is 5.56 Å². The molecule has 0 unspecified atom stereocenters. The van der Waals surface area contributed by atoms with Gasteiger partial charge in [0.1, 0.15) is 0 Å². The summed E-state index contributed by atoms with van der Waals surface area (Å²) in [6, 6.07) is 26.2. The molecular weight excluding hydrogens is 388 g/mol. The molecule has 120 valence electrons. The maximum atomic E-state index is 2.28. The van der Waals surface area contributed by atoms with E-state index in [1.165, 1.54) is 38.2 Å². The molecule has 0 spiro atoms. The van der Waals surface area contributed by atoms with Gasteiger partial charge >= 0.3 is 26.2 Å². The van der Waals surface area contributed by atoms with Crippen molar-refractivity contribution >= 4 is 21.5 Å². The monoisotopic (exact) mass is 402 g/mol. The van der Waals surface area contributed by atoms with E-state index in [1.54, 1.807) is 0 Å². The molecule has 0 N–H and O–H groups in total. The predicted molar refractivity (Wildman–Crippen MR) is 87.2 cm³/mol. The summed E-state index contributed by atoms with van der Waals surface area (Å²) in [4.78, 5) is 0. The second-order valence-electron chi connectivity index (χ2n) is 5.37. The molecule has 0 aliphatic rings. The van der Waals surface area contributed by atoms with Gasteiger partial charge in [0.25, 0.3) is 0 Å². The average molecular weight is 404 g/mol. The molecule has 4 heteroatoms. The first kappa shape index (κ1) is 22.2. The summed E-state index contributed by atoms with van der Waals surface area (Å²) in [7, 11) is 0. The van der Waals surface area contributed by atoms with Crippen LogP contribution < -0.4 is 14.1 Å². The molecule has 0 heterocycles. The summed E-state index contributed by atoms with van der Waals surface area (Å²) in [5.74, 6) is 0. The van der Waals surface area contributed by atoms with Gasteiger partial charge in [0, 0.05) is 0 Å². The van der Waals surface area contributed by atoms with Crippen molar-refractivity contribution in [2.75, 3.05) is 0 Å². The van der Waals surface area contributed by atoms with Gasteiger partial charge in [0.05, 0.1) is 0 Å². The number of halogens is 3. The van der Waals surface area contributed by atoms with Gasteiger partial charge in [-0.05, 0) is 16.3 Å². The van der Waals surface area contributed by atoms with Crippen molar-refractivity contribution in [3.8, 4) is 11.1 Å². The largest absolute Gasteiger partial charge is 4.00 e. The molecule has 0 aliphatic carbocycles. The number of benzene rings is 3. The number of fused-ring (bicyclic) bond motifs is 2. The fourth-order valence-corrected chi connectivity index (χ4v) is 3.08. The summed E-state index contributed by atoms with van der Waals surface area (Å²) in [5, 5.41) is 5.29. The maximum absolute atomic E-state index is 2.28. The smallest absolute Gasteiger partial charge is 1.00 e. The predicted octanol–water partition coefficient (Wildman–Crippen LogP) is -3.30. The van der Waals surface area contributed by atoms with Crippen LogP contribution >= 0.6 is 0 Å². The third-order valence-electron chi connectivity index (χ3n) is 3.97. The van der Waals surface area contributed by atoms with Crippen LogP contribution in [-0.4, -0.2) is 0 Å². The Hall–Kier alpha value is -1.80. The Morgan fingerprint density at radius 2 is 1.25 bits per heavy atom. The molecule has 4 aromatic carbocycles. The van der Waals surface area contributed by atoms with Crippen molar-refractivity contribution in [2.45, 2.75) is 6.92 Å². The van der Waals surface area contributed by atoms with Crippen LogP contribution in [0.25, 0.3) is 32.7 Å². The molecule has 0 atom stereocenters. The van der Waals surface area contributed by atoms with Crippen molar-refractivity contribution in [1.29, 1.82) is 0 Å². The fourth-order valence-electron chi connectivity index (χ4n) is 3.08. The van der Waals surface area contributed by atoms with Gasteiger partial charge in [-0.15, -0.1) is 34.5 Å². The van der Waals surface area contributed by atoms with Gasteiger partial charge in [-0.25, -0.2) is 0 Å². The third-order valence-corrected chi connectivity index (χ3v) is 3.97. The van der Waals surface area contributed by atoms with Crippen LogP contribution in [-0.2, 0) is 26.2 Å². The molecule has 0 saturated heterocycles. The Bertz CT molecular complexity index is 923. The summed E-state index contributed by atoms with van der Waals surface area (Å²) >= 11 is 0. The van der Waals surface area contributed by atoms with E-state index in [2.05, 4.69) is 79.7 Å². The zero-order chi connectivity index (χ0) is 13.5. The zero-order valence-corrected chi connectivity index (χ0v) is 15.5. The summed E-state index contributed by atoms with van der Waals surface area (Å²) < 4.78 is 0. The maximum Gasteiger partial charge on any atom is 4.00 e. The van der Waals surface area contributed by atoms with Crippen LogP contribution in [0.2, 0.25) is 0 Å². The molecule has 0 nitrogen and oxygen atoms in total. The molecule has 0 aromatic heterocycles. The molecule has 24 heavy (non-hydrogen) atoms. The van der Waals surface area contributed by atoms with Gasteiger partial charge in [0.15, 0.2) is 0 Å². The first-order chi connectivity index (χ1) is 9.83. The van der Waals surface area contributed by atoms with Gasteiger partial charge in [-0.2, -0.15) is 6.07 Å². The molecule has 0 aliphatic heterocycles. The number of hydrogen-bond donors (Lipinski definition) is 0. The van der Waals surface area contributed by atoms with Crippen molar-refractivity contribution in [1.82, 2.24) is 0 Å². The minimum absolute atomic E-state index is 0. The molecule has 0 bridgehead atoms. The molecule has 0 amide bonds. The Morgan fingerprint density at radius 1 is 0.667 bits per heavy atom. The number of hydrogen-bond acceptors (Lipinski definition) is 0. The Morgan fingerprint density at radius 3 is 2.00 bits per heavy atom. The van der Waals surface area contributed by atoms with Crippen LogP contribution in [0.5, 0.6) is 0 Å². The van der Waals surface area contributed by atoms with Crippen molar-refractivity contribution in [3.63, 3.8) is 0 Å². The fraction of sp³-hybridized carbons (Fsp3) is 0.0500. The molecule has 0 radical (unpaired) electrons. The van der Waals surface area contributed by atoms with Crippen LogP contribution in [0, 0.1) is 6.92 Å². The molecular formula is C20H15F3Zr. The normalized spacial score (nSPS) is 9.38. The van der Waals surface area contributed by atoms with E-state index in [0.717, 1.165) is 0 Å². The zero-order valence-electron chi connectivity index (χ0n) is 13.1. The summed E-state index contributed by atoms with van der Waals surface area (Å²) in [6.45, 7) is 2.16. The Balaban J connectivity index is 0.00000132. The van der Waals surface area contributed by atoms with Crippen LogP contribution in [0.4, 0.5) is 0 Å². The topological polar surface area (TPSA) is 0 Å². The standard InChI is InChI=1S/C20H15.3FH.Zr/c1-14-12-16-8-5-11-19(20(16)13-14)18-10-4-7-15-6-2-3-9-17(15)18;;;;/h2-13H,1H3;3*1H;/q-1;;;;+4/p-3. The summed E-state index contributed by atoms with van der Waals surface area (Å²) in [5.41, 5.74) is 3.97. The molecule has 0 saturated carbocycles. The van der Waals surface area contributed by atoms with Gasteiger partial charge in [-0.3, -0.25) is 0 Å². The number of aryl methyl sites for hydroxylation is 1. The summed E-state index contributed by atoms with van der Waals surface area (Å²) in [6.07, 6.45) is 0. The van der Waals surface area contributed by atoms with Gasteiger partial charge in [-0.1, -0.05) is 61.0 Å². The minimum Gasteiger partial charge on any atom is -1.00 e. The van der Waals surface area contributed by atoms with E-state index in [-0.39, 0.29) is 40.3 Å². The SMILES string of the molecule is Cc1cc2c(-c3cccc4ccccc34)cccc2[cH-]1.[F-].[F-].[F-].[Zr+4]. The van der Waals surface area contributed by atoms with E-state index < -0.39 is 0 Å². The van der Waals surface area contributed by atoms with Crippen LogP contribution in [0.3, 0.4) is 0 Å². The van der Waals surface area contributed by atoms with Crippen molar-refractivity contribution in [3.05, 3.63) is 78.4 Å². The average Bonchev–Trinajstić information content (AvgIpc) is 2.87. The van der Waals surface area contributed by atoms with Crippen LogP contribution in [0.15, 0.2) is 72.8 Å². The minimum atomic E-state index is 0. The van der Waals surface area contributed by atoms with Gasteiger partial charge < -0.3 is 14.1 Å². The van der Waals surface area contributed by atoms with Gasteiger partial charge in [0.2, 0.25) is 0 Å². The van der Waals surface area contributed by atoms with E-state index in [9.17, 15) is 0 Å². The molecule has 4 rings (SSSR count). The van der Waals surface area contributed by atoms with E-state index in [0.29, 0.717) is 0 Å². The quantitative estimate of drug-likeness (QED) is 0.292. The van der Waals surface area contributed by atoms with E-state index >= 15 is 0 Å². The first-order valence-corrected chi connectivity index (χ1v) is 6.97. The second-order valence-corrected chi connectivity index (χ2v) is 5.37. The third kappa shape index (κ3) is 3.65. The molecule has 0 fully saturated rings. The van der Waals surface area contributed by atoms with E-state index in [4.69, 9.17) is 0 Å².